The number of hydrogen-bond donors (Lipinski definition) is 1. The molecule has 0 aromatic heterocycles. The number of anilines is 1. The van der Waals surface area contributed by atoms with Crippen molar-refractivity contribution in [2.75, 3.05) is 65.5 Å². The number of nitrogens with zero attached hydrogens (tertiary/aromatic N) is 2. The molecule has 1 fully saturated rings. The van der Waals surface area contributed by atoms with E-state index in [9.17, 15) is 4.79 Å². The second kappa shape index (κ2) is 12.3. The number of aryl methyl sites for hydroxylation is 2. The molecule has 7 heteroatoms. The molecule has 2 aromatic carbocycles. The highest BCUT2D eigenvalue weighted by atomic mass is 16.5. The van der Waals surface area contributed by atoms with Crippen molar-refractivity contribution in [3.8, 4) is 17.2 Å². The van der Waals surface area contributed by atoms with Crippen molar-refractivity contribution < 1.29 is 19.0 Å². The standard InChI is InChI=1S/C26H37N3O4/c1-20-7-5-8-22(17-20)29-15-13-28(14-16-29)12-6-11-27-25(30)10-9-21-18-23(31-2)26(33-4)24(19-21)32-3/h5,7-8,17-19H,6,9-16H2,1-4H3,(H,27,30). The maximum Gasteiger partial charge on any atom is 0.220 e. The molecule has 0 unspecified atom stereocenters. The fourth-order valence-corrected chi connectivity index (χ4v) is 4.21. The van der Waals surface area contributed by atoms with Gasteiger partial charge in [0, 0.05) is 44.8 Å². The lowest BCUT2D eigenvalue weighted by Crippen LogP contribution is -2.47. The third-order valence-corrected chi connectivity index (χ3v) is 6.08. The zero-order valence-electron chi connectivity index (χ0n) is 20.4. The summed E-state index contributed by atoms with van der Waals surface area (Å²) in [6.45, 7) is 8.06. The highest BCUT2D eigenvalue weighted by molar-refractivity contribution is 5.76. The van der Waals surface area contributed by atoms with Crippen LogP contribution in [0.4, 0.5) is 5.69 Å². The molecule has 0 bridgehead atoms. The van der Waals surface area contributed by atoms with Crippen LogP contribution in [0, 0.1) is 6.92 Å². The molecule has 3 rings (SSSR count). The second-order valence-electron chi connectivity index (χ2n) is 8.40. The quantitative estimate of drug-likeness (QED) is 0.525. The molecule has 0 atom stereocenters. The summed E-state index contributed by atoms with van der Waals surface area (Å²) in [5, 5.41) is 3.05. The monoisotopic (exact) mass is 455 g/mol. The van der Waals surface area contributed by atoms with Gasteiger partial charge in [0.25, 0.3) is 0 Å². The van der Waals surface area contributed by atoms with Gasteiger partial charge in [-0.3, -0.25) is 9.69 Å². The zero-order chi connectivity index (χ0) is 23.6. The van der Waals surface area contributed by atoms with E-state index in [1.54, 1.807) is 21.3 Å². The molecule has 1 aliphatic heterocycles. The maximum absolute atomic E-state index is 12.3. The third kappa shape index (κ3) is 7.02. The van der Waals surface area contributed by atoms with Gasteiger partial charge in [-0.05, 0) is 61.7 Å². The molecule has 1 saturated heterocycles. The summed E-state index contributed by atoms with van der Waals surface area (Å²) >= 11 is 0. The highest BCUT2D eigenvalue weighted by Gasteiger charge is 2.17. The summed E-state index contributed by atoms with van der Waals surface area (Å²) < 4.78 is 16.1. The lowest BCUT2D eigenvalue weighted by atomic mass is 10.1. The van der Waals surface area contributed by atoms with Crippen LogP contribution in [-0.2, 0) is 11.2 Å². The largest absolute Gasteiger partial charge is 0.493 e. The first-order chi connectivity index (χ1) is 16.0. The predicted molar refractivity (Wildman–Crippen MR) is 132 cm³/mol. The molecule has 1 amide bonds. The number of amides is 1. The minimum Gasteiger partial charge on any atom is -0.493 e. The van der Waals surface area contributed by atoms with Gasteiger partial charge in [-0.25, -0.2) is 0 Å². The van der Waals surface area contributed by atoms with Crippen LogP contribution in [0.2, 0.25) is 0 Å². The Hall–Kier alpha value is -2.93. The van der Waals surface area contributed by atoms with Crippen LogP contribution in [0.25, 0.3) is 0 Å². The first kappa shape index (κ1) is 24.7. The molecule has 0 saturated carbocycles. The average molecular weight is 456 g/mol. The number of rotatable bonds is 11. The van der Waals surface area contributed by atoms with Gasteiger partial charge in [0.15, 0.2) is 11.5 Å². The smallest absolute Gasteiger partial charge is 0.220 e. The number of piperazine rings is 1. The molecule has 0 aliphatic carbocycles. The summed E-state index contributed by atoms with van der Waals surface area (Å²) in [5.74, 6) is 1.84. The summed E-state index contributed by atoms with van der Waals surface area (Å²) in [5.41, 5.74) is 3.59. The van der Waals surface area contributed by atoms with E-state index in [1.165, 1.54) is 11.3 Å². The number of nitrogens with one attached hydrogen (secondary N) is 1. The van der Waals surface area contributed by atoms with Crippen LogP contribution in [0.5, 0.6) is 17.2 Å². The van der Waals surface area contributed by atoms with Gasteiger partial charge in [-0.15, -0.1) is 0 Å². The third-order valence-electron chi connectivity index (χ3n) is 6.08. The molecule has 2 aromatic rings. The van der Waals surface area contributed by atoms with Gasteiger partial charge in [-0.1, -0.05) is 12.1 Å². The Morgan fingerprint density at radius 3 is 2.27 bits per heavy atom. The zero-order valence-corrected chi connectivity index (χ0v) is 20.4. The number of ether oxygens (including phenoxy) is 3. The van der Waals surface area contributed by atoms with Crippen molar-refractivity contribution >= 4 is 11.6 Å². The Kier molecular flexibility index (Phi) is 9.24. The first-order valence-corrected chi connectivity index (χ1v) is 11.6. The molecule has 1 aliphatic rings. The predicted octanol–water partition coefficient (Wildman–Crippen LogP) is 3.28. The van der Waals surface area contributed by atoms with E-state index in [2.05, 4.69) is 46.3 Å². The number of hydrogen-bond acceptors (Lipinski definition) is 6. The van der Waals surface area contributed by atoms with Crippen molar-refractivity contribution in [3.05, 3.63) is 47.5 Å². The topological polar surface area (TPSA) is 63.3 Å². The van der Waals surface area contributed by atoms with Crippen LogP contribution < -0.4 is 24.4 Å². The lowest BCUT2D eigenvalue weighted by molar-refractivity contribution is -0.121. The molecule has 0 radical (unpaired) electrons. The average Bonchev–Trinajstić information content (AvgIpc) is 2.85. The van der Waals surface area contributed by atoms with E-state index >= 15 is 0 Å². The number of carbonyl (C=O) groups is 1. The molecular formula is C26H37N3O4. The van der Waals surface area contributed by atoms with Gasteiger partial charge < -0.3 is 24.4 Å². The lowest BCUT2D eigenvalue weighted by Gasteiger charge is -2.36. The Bertz CT molecular complexity index is 885. The Morgan fingerprint density at radius 1 is 0.970 bits per heavy atom. The van der Waals surface area contributed by atoms with E-state index < -0.39 is 0 Å². The fraction of sp³-hybridized carbons (Fsp3) is 0.500. The summed E-state index contributed by atoms with van der Waals surface area (Å²) in [4.78, 5) is 17.2. The van der Waals surface area contributed by atoms with Crippen LogP contribution in [0.1, 0.15) is 24.0 Å². The molecule has 1 heterocycles. The second-order valence-corrected chi connectivity index (χ2v) is 8.40. The molecule has 1 N–H and O–H groups in total. The molecule has 0 spiro atoms. The van der Waals surface area contributed by atoms with Crippen molar-refractivity contribution in [2.24, 2.45) is 0 Å². The normalized spacial score (nSPS) is 14.1. The Balaban J connectivity index is 1.34. The van der Waals surface area contributed by atoms with E-state index in [1.807, 2.05) is 12.1 Å². The van der Waals surface area contributed by atoms with Crippen molar-refractivity contribution in [3.63, 3.8) is 0 Å². The Labute approximate surface area is 197 Å². The van der Waals surface area contributed by atoms with E-state index in [0.717, 1.165) is 44.7 Å². The fourth-order valence-electron chi connectivity index (χ4n) is 4.21. The van der Waals surface area contributed by atoms with E-state index in [-0.39, 0.29) is 5.91 Å². The molecular weight excluding hydrogens is 418 g/mol. The summed E-state index contributed by atoms with van der Waals surface area (Å²) in [7, 11) is 4.77. The van der Waals surface area contributed by atoms with Gasteiger partial charge in [-0.2, -0.15) is 0 Å². The first-order valence-electron chi connectivity index (χ1n) is 11.6. The van der Waals surface area contributed by atoms with Crippen molar-refractivity contribution in [2.45, 2.75) is 26.2 Å². The van der Waals surface area contributed by atoms with Crippen LogP contribution in [-0.4, -0.2) is 71.4 Å². The van der Waals surface area contributed by atoms with E-state index in [4.69, 9.17) is 14.2 Å². The van der Waals surface area contributed by atoms with Crippen LogP contribution in [0.15, 0.2) is 36.4 Å². The van der Waals surface area contributed by atoms with Crippen LogP contribution in [0.3, 0.4) is 0 Å². The maximum atomic E-state index is 12.3. The van der Waals surface area contributed by atoms with Gasteiger partial charge in [0.05, 0.1) is 21.3 Å². The summed E-state index contributed by atoms with van der Waals surface area (Å²) in [6.07, 6.45) is 2.00. The van der Waals surface area contributed by atoms with E-state index in [0.29, 0.717) is 36.6 Å². The SMILES string of the molecule is COc1cc(CCC(=O)NCCCN2CCN(c3cccc(C)c3)CC2)cc(OC)c1OC. The number of methoxy groups -OCH3 is 3. The molecule has 7 nitrogen and oxygen atoms in total. The molecule has 180 valence electrons. The van der Waals surface area contributed by atoms with Crippen LogP contribution >= 0.6 is 0 Å². The van der Waals surface area contributed by atoms with Crippen molar-refractivity contribution in [1.29, 1.82) is 0 Å². The van der Waals surface area contributed by atoms with Gasteiger partial charge in [0.2, 0.25) is 11.7 Å². The minimum atomic E-state index is 0.0630. The van der Waals surface area contributed by atoms with Gasteiger partial charge >= 0.3 is 0 Å². The Morgan fingerprint density at radius 2 is 1.67 bits per heavy atom. The van der Waals surface area contributed by atoms with Crippen molar-refractivity contribution in [1.82, 2.24) is 10.2 Å². The minimum absolute atomic E-state index is 0.0630. The number of carbonyl (C=O) groups excluding carboxylic acids is 1. The highest BCUT2D eigenvalue weighted by Crippen LogP contribution is 2.38. The summed E-state index contributed by atoms with van der Waals surface area (Å²) in [6, 6.07) is 12.5. The number of benzene rings is 2. The van der Waals surface area contributed by atoms with Gasteiger partial charge in [0.1, 0.15) is 0 Å². The molecule has 33 heavy (non-hydrogen) atoms.